The van der Waals surface area contributed by atoms with Gasteiger partial charge in [-0.1, -0.05) is 28.1 Å². The lowest BCUT2D eigenvalue weighted by molar-refractivity contribution is -0.131. The minimum atomic E-state index is -1.00. The van der Waals surface area contributed by atoms with Crippen molar-refractivity contribution in [1.29, 1.82) is 0 Å². The number of nitrogen functional groups attached to an aromatic ring is 1. The van der Waals surface area contributed by atoms with Gasteiger partial charge in [0.05, 0.1) is 5.69 Å². The highest BCUT2D eigenvalue weighted by Gasteiger charge is 2.11. The maximum Gasteiger partial charge on any atom is 0.328 e. The zero-order valence-electron chi connectivity index (χ0n) is 10.6. The van der Waals surface area contributed by atoms with E-state index in [4.69, 9.17) is 10.8 Å². The number of carboxylic acid groups (broad SMARTS) is 1. The minimum absolute atomic E-state index is 0.573. The summed E-state index contributed by atoms with van der Waals surface area (Å²) in [5.74, 6) is -1.00. The lowest BCUT2D eigenvalue weighted by Gasteiger charge is -2.11. The van der Waals surface area contributed by atoms with Crippen molar-refractivity contribution in [3.8, 4) is 0 Å². The van der Waals surface area contributed by atoms with Crippen molar-refractivity contribution in [2.45, 2.75) is 0 Å². The average Bonchev–Trinajstić information content (AvgIpc) is 2.42. The van der Waals surface area contributed by atoms with Crippen molar-refractivity contribution in [3.63, 3.8) is 0 Å². The SMILES string of the molecule is Nc1c(Br)cc(C(=CC(=O)O)c2ccc(Br)cc2)cc1Br. The average molecular weight is 476 g/mol. The van der Waals surface area contributed by atoms with E-state index in [0.29, 0.717) is 20.2 Å². The third kappa shape index (κ3) is 3.96. The number of hydrogen-bond donors (Lipinski definition) is 2. The molecule has 2 aromatic rings. The van der Waals surface area contributed by atoms with Crippen LogP contribution in [0.5, 0.6) is 0 Å². The van der Waals surface area contributed by atoms with Gasteiger partial charge in [-0.25, -0.2) is 4.79 Å². The zero-order chi connectivity index (χ0) is 15.6. The monoisotopic (exact) mass is 473 g/mol. The third-order valence-electron chi connectivity index (χ3n) is 2.81. The van der Waals surface area contributed by atoms with Gasteiger partial charge in [0, 0.05) is 19.5 Å². The number of anilines is 1. The number of nitrogens with two attached hydrogens (primary N) is 1. The normalized spacial score (nSPS) is 11.5. The first-order chi connectivity index (χ1) is 9.88. The molecule has 0 spiro atoms. The molecule has 0 aliphatic carbocycles. The van der Waals surface area contributed by atoms with Crippen LogP contribution < -0.4 is 5.73 Å². The maximum atomic E-state index is 11.1. The van der Waals surface area contributed by atoms with E-state index in [-0.39, 0.29) is 0 Å². The molecular weight excluding hydrogens is 466 g/mol. The van der Waals surface area contributed by atoms with E-state index in [9.17, 15) is 4.79 Å². The summed E-state index contributed by atoms with van der Waals surface area (Å²) >= 11 is 10.1. The van der Waals surface area contributed by atoms with Gasteiger partial charge in [-0.05, 0) is 72.8 Å². The van der Waals surface area contributed by atoms with Crippen LogP contribution in [0.1, 0.15) is 11.1 Å². The molecule has 108 valence electrons. The molecule has 6 heteroatoms. The largest absolute Gasteiger partial charge is 0.478 e. The van der Waals surface area contributed by atoms with Crippen molar-refractivity contribution < 1.29 is 9.90 Å². The van der Waals surface area contributed by atoms with Crippen molar-refractivity contribution in [2.75, 3.05) is 5.73 Å². The zero-order valence-corrected chi connectivity index (χ0v) is 15.4. The Labute approximate surface area is 147 Å². The number of hydrogen-bond acceptors (Lipinski definition) is 2. The molecule has 2 rings (SSSR count). The molecule has 0 atom stereocenters. The Balaban J connectivity index is 2.62. The van der Waals surface area contributed by atoms with Gasteiger partial charge in [0.1, 0.15) is 0 Å². The van der Waals surface area contributed by atoms with Crippen LogP contribution in [0, 0.1) is 0 Å². The Morgan fingerprint density at radius 2 is 1.52 bits per heavy atom. The van der Waals surface area contributed by atoms with E-state index < -0.39 is 5.97 Å². The first-order valence-electron chi connectivity index (χ1n) is 5.84. The quantitative estimate of drug-likeness (QED) is 0.481. The van der Waals surface area contributed by atoms with Crippen molar-refractivity contribution in [3.05, 3.63) is 67.0 Å². The lowest BCUT2D eigenvalue weighted by atomic mass is 9.97. The fourth-order valence-electron chi connectivity index (χ4n) is 1.83. The van der Waals surface area contributed by atoms with Crippen molar-refractivity contribution >= 4 is 65.0 Å². The summed E-state index contributed by atoms with van der Waals surface area (Å²) in [7, 11) is 0. The van der Waals surface area contributed by atoms with Crippen LogP contribution >= 0.6 is 47.8 Å². The van der Waals surface area contributed by atoms with Crippen molar-refractivity contribution in [2.24, 2.45) is 0 Å². The van der Waals surface area contributed by atoms with E-state index in [0.717, 1.165) is 15.6 Å². The molecule has 3 nitrogen and oxygen atoms in total. The smallest absolute Gasteiger partial charge is 0.328 e. The number of carboxylic acids is 1. The highest BCUT2D eigenvalue weighted by Crippen LogP contribution is 2.34. The molecule has 2 aromatic carbocycles. The first-order valence-corrected chi connectivity index (χ1v) is 8.22. The first kappa shape index (κ1) is 16.3. The summed E-state index contributed by atoms with van der Waals surface area (Å²) in [6, 6.07) is 11.1. The molecule has 0 saturated heterocycles. The Morgan fingerprint density at radius 1 is 1.00 bits per heavy atom. The Morgan fingerprint density at radius 3 is 2.00 bits per heavy atom. The summed E-state index contributed by atoms with van der Waals surface area (Å²) in [5, 5.41) is 9.12. The lowest BCUT2D eigenvalue weighted by Crippen LogP contribution is -1.97. The second-order valence-electron chi connectivity index (χ2n) is 4.26. The van der Waals surface area contributed by atoms with Crippen LogP contribution in [-0.2, 0) is 4.79 Å². The number of carbonyl (C=O) groups is 1. The second kappa shape index (κ2) is 6.77. The standard InChI is InChI=1S/C15H10Br3NO2/c16-10-3-1-8(2-4-10)11(7-14(20)21)9-5-12(17)15(19)13(18)6-9/h1-7H,19H2,(H,20,21). The fourth-order valence-corrected chi connectivity index (χ4v) is 3.28. The van der Waals surface area contributed by atoms with Crippen molar-refractivity contribution in [1.82, 2.24) is 0 Å². The van der Waals surface area contributed by atoms with E-state index in [1.54, 1.807) is 12.1 Å². The molecule has 21 heavy (non-hydrogen) atoms. The van der Waals surface area contributed by atoms with E-state index in [1.807, 2.05) is 24.3 Å². The Bertz CT molecular complexity index is 701. The van der Waals surface area contributed by atoms with Gasteiger partial charge in [-0.2, -0.15) is 0 Å². The summed E-state index contributed by atoms with van der Waals surface area (Å²) in [5.41, 5.74) is 8.62. The van der Waals surface area contributed by atoms with E-state index >= 15 is 0 Å². The molecule has 0 heterocycles. The van der Waals surface area contributed by atoms with Crippen LogP contribution in [-0.4, -0.2) is 11.1 Å². The van der Waals surface area contributed by atoms with Gasteiger partial charge < -0.3 is 10.8 Å². The molecule has 0 bridgehead atoms. The summed E-state index contributed by atoms with van der Waals surface area (Å²) in [6.45, 7) is 0. The molecular formula is C15H10Br3NO2. The summed E-state index contributed by atoms with van der Waals surface area (Å²) in [6.07, 6.45) is 1.19. The molecule has 0 aliphatic rings. The van der Waals surface area contributed by atoms with E-state index in [2.05, 4.69) is 47.8 Å². The minimum Gasteiger partial charge on any atom is -0.478 e. The van der Waals surface area contributed by atoms with Crippen LogP contribution in [0.2, 0.25) is 0 Å². The predicted molar refractivity (Wildman–Crippen MR) is 95.1 cm³/mol. The molecule has 0 aliphatic heterocycles. The van der Waals surface area contributed by atoms with Crippen LogP contribution in [0.25, 0.3) is 5.57 Å². The second-order valence-corrected chi connectivity index (χ2v) is 6.88. The Kier molecular flexibility index (Phi) is 5.24. The van der Waals surface area contributed by atoms with Crippen LogP contribution in [0.4, 0.5) is 5.69 Å². The van der Waals surface area contributed by atoms with Crippen LogP contribution in [0.15, 0.2) is 55.9 Å². The van der Waals surface area contributed by atoms with Gasteiger partial charge in [0.25, 0.3) is 0 Å². The van der Waals surface area contributed by atoms with Gasteiger partial charge in [-0.3, -0.25) is 0 Å². The molecule has 0 fully saturated rings. The predicted octanol–water partition coefficient (Wildman–Crippen LogP) is 5.07. The highest BCUT2D eigenvalue weighted by molar-refractivity contribution is 9.11. The van der Waals surface area contributed by atoms with Crippen LogP contribution in [0.3, 0.4) is 0 Å². The molecule has 0 amide bonds. The maximum absolute atomic E-state index is 11.1. The summed E-state index contributed by atoms with van der Waals surface area (Å²) in [4.78, 5) is 11.1. The summed E-state index contributed by atoms with van der Waals surface area (Å²) < 4.78 is 2.35. The fraction of sp³-hybridized carbons (Fsp3) is 0. The van der Waals surface area contributed by atoms with Gasteiger partial charge in [0.2, 0.25) is 0 Å². The number of aliphatic carboxylic acids is 1. The molecule has 3 N–H and O–H groups in total. The number of benzene rings is 2. The third-order valence-corrected chi connectivity index (χ3v) is 4.65. The molecule has 0 radical (unpaired) electrons. The van der Waals surface area contributed by atoms with E-state index in [1.165, 1.54) is 6.08 Å². The van der Waals surface area contributed by atoms with Gasteiger partial charge in [-0.15, -0.1) is 0 Å². The van der Waals surface area contributed by atoms with Gasteiger partial charge >= 0.3 is 5.97 Å². The number of halogens is 3. The highest BCUT2D eigenvalue weighted by atomic mass is 79.9. The number of rotatable bonds is 3. The molecule has 0 unspecified atom stereocenters. The topological polar surface area (TPSA) is 63.3 Å². The molecule has 0 saturated carbocycles. The molecule has 0 aromatic heterocycles. The van der Waals surface area contributed by atoms with Gasteiger partial charge in [0.15, 0.2) is 0 Å². The Hall–Kier alpha value is -1.11.